The topological polar surface area (TPSA) is 124 Å². The Labute approximate surface area is 269 Å². The average molecular weight is 633 g/mol. The van der Waals surface area contributed by atoms with E-state index in [-0.39, 0.29) is 5.97 Å². The largest absolute Gasteiger partial charge is 0.494 e. The van der Waals surface area contributed by atoms with Crippen molar-refractivity contribution in [2.75, 3.05) is 33.5 Å². The minimum Gasteiger partial charge on any atom is -0.494 e. The first kappa shape index (κ1) is 36.8. The number of benzene rings is 3. The van der Waals surface area contributed by atoms with Crippen LogP contribution in [-0.4, -0.2) is 57.4 Å². The van der Waals surface area contributed by atoms with E-state index in [9.17, 15) is 19.2 Å². The molecule has 3 aromatic rings. The van der Waals surface area contributed by atoms with Gasteiger partial charge in [-0.05, 0) is 93.3 Å². The zero-order valence-corrected chi connectivity index (χ0v) is 26.2. The second kappa shape index (κ2) is 21.3. The molecule has 0 heterocycles. The van der Waals surface area contributed by atoms with Crippen LogP contribution in [0.4, 0.5) is 0 Å². The Kier molecular flexibility index (Phi) is 17.1. The lowest BCUT2D eigenvalue weighted by Gasteiger charge is -2.08. The Morgan fingerprint density at radius 1 is 0.565 bits per heavy atom. The molecule has 10 nitrogen and oxygen atoms in total. The molecule has 0 N–H and O–H groups in total. The van der Waals surface area contributed by atoms with Crippen LogP contribution in [0.5, 0.6) is 17.2 Å². The summed E-state index contributed by atoms with van der Waals surface area (Å²) in [6.45, 7) is 10.3. The van der Waals surface area contributed by atoms with Crippen LogP contribution in [0.1, 0.15) is 52.0 Å². The minimum absolute atomic E-state index is 0.345. The Morgan fingerprint density at radius 2 is 0.957 bits per heavy atom. The molecule has 244 valence electrons. The van der Waals surface area contributed by atoms with Crippen molar-refractivity contribution in [2.24, 2.45) is 0 Å². The summed E-state index contributed by atoms with van der Waals surface area (Å²) in [6, 6.07) is 20.8. The van der Waals surface area contributed by atoms with Crippen molar-refractivity contribution in [1.82, 2.24) is 0 Å². The van der Waals surface area contributed by atoms with Crippen LogP contribution < -0.4 is 14.2 Å². The Morgan fingerprint density at radius 3 is 1.37 bits per heavy atom. The van der Waals surface area contributed by atoms with Gasteiger partial charge < -0.3 is 28.4 Å². The van der Waals surface area contributed by atoms with Crippen LogP contribution >= 0.6 is 0 Å². The van der Waals surface area contributed by atoms with Gasteiger partial charge in [-0.3, -0.25) is 0 Å². The summed E-state index contributed by atoms with van der Waals surface area (Å²) in [7, 11) is 1.34. The molecule has 46 heavy (non-hydrogen) atoms. The van der Waals surface area contributed by atoms with Gasteiger partial charge >= 0.3 is 23.9 Å². The van der Waals surface area contributed by atoms with Gasteiger partial charge in [-0.2, -0.15) is 0 Å². The second-order valence-electron chi connectivity index (χ2n) is 9.60. The van der Waals surface area contributed by atoms with Crippen molar-refractivity contribution in [3.05, 3.63) is 115 Å². The van der Waals surface area contributed by atoms with Gasteiger partial charge in [-0.1, -0.05) is 30.9 Å². The summed E-state index contributed by atoms with van der Waals surface area (Å²) in [6.07, 6.45) is 5.23. The molecule has 0 fully saturated rings. The van der Waals surface area contributed by atoms with E-state index in [2.05, 4.69) is 17.9 Å². The third kappa shape index (κ3) is 14.9. The molecule has 0 aromatic heterocycles. The summed E-state index contributed by atoms with van der Waals surface area (Å²) >= 11 is 0. The monoisotopic (exact) mass is 632 g/mol. The van der Waals surface area contributed by atoms with E-state index >= 15 is 0 Å². The lowest BCUT2D eigenvalue weighted by Crippen LogP contribution is -2.08. The van der Waals surface area contributed by atoms with E-state index in [1.807, 2.05) is 19.1 Å². The van der Waals surface area contributed by atoms with Crippen LogP contribution in [0, 0.1) is 6.92 Å². The molecule has 3 aromatic carbocycles. The lowest BCUT2D eigenvalue weighted by atomic mass is 10.2. The molecule has 0 saturated heterocycles. The molecule has 0 bridgehead atoms. The fourth-order valence-corrected chi connectivity index (χ4v) is 3.52. The molecular formula is C36H40O10. The van der Waals surface area contributed by atoms with Crippen molar-refractivity contribution in [1.29, 1.82) is 0 Å². The molecule has 3 rings (SSSR count). The van der Waals surface area contributed by atoms with Gasteiger partial charge in [0.1, 0.15) is 17.2 Å². The van der Waals surface area contributed by atoms with E-state index < -0.39 is 17.9 Å². The molecule has 0 atom stereocenters. The smallest absolute Gasteiger partial charge is 0.343 e. The van der Waals surface area contributed by atoms with E-state index in [0.717, 1.165) is 37.0 Å². The van der Waals surface area contributed by atoms with Gasteiger partial charge in [-0.25, -0.2) is 19.2 Å². The maximum absolute atomic E-state index is 12.1. The van der Waals surface area contributed by atoms with Gasteiger partial charge in [0.05, 0.1) is 44.7 Å². The number of carbonyl (C=O) groups is 4. The third-order valence-corrected chi connectivity index (χ3v) is 6.03. The van der Waals surface area contributed by atoms with Crippen LogP contribution in [0.3, 0.4) is 0 Å². The van der Waals surface area contributed by atoms with Gasteiger partial charge in [0.25, 0.3) is 0 Å². The molecule has 0 aliphatic rings. The SMILES string of the molecule is C=CC(=O)OCCCCOc1ccc(C(=O)OC)cc1.C=CC(=O)OCCCCOc1ccc(C(=O)Oc2ccc(C)cc2)cc1. The summed E-state index contributed by atoms with van der Waals surface area (Å²) in [5.74, 6) is 0.243. The summed E-state index contributed by atoms with van der Waals surface area (Å²) in [5, 5.41) is 0. The highest BCUT2D eigenvalue weighted by molar-refractivity contribution is 5.91. The zero-order chi connectivity index (χ0) is 33.6. The van der Waals surface area contributed by atoms with Crippen LogP contribution in [0.15, 0.2) is 98.1 Å². The van der Waals surface area contributed by atoms with E-state index in [1.54, 1.807) is 60.7 Å². The highest BCUT2D eigenvalue weighted by Gasteiger charge is 2.09. The van der Waals surface area contributed by atoms with Crippen molar-refractivity contribution in [3.63, 3.8) is 0 Å². The molecule has 10 heteroatoms. The van der Waals surface area contributed by atoms with Gasteiger partial charge in [-0.15, -0.1) is 0 Å². The number of hydrogen-bond acceptors (Lipinski definition) is 10. The fourth-order valence-electron chi connectivity index (χ4n) is 3.52. The van der Waals surface area contributed by atoms with Crippen molar-refractivity contribution < 1.29 is 47.6 Å². The predicted octanol–water partition coefficient (Wildman–Crippen LogP) is 6.46. The van der Waals surface area contributed by atoms with E-state index in [4.69, 9.17) is 23.7 Å². The maximum atomic E-state index is 12.1. The number of hydrogen-bond donors (Lipinski definition) is 0. The quantitative estimate of drug-likeness (QED) is 0.0538. The van der Waals surface area contributed by atoms with E-state index in [0.29, 0.717) is 61.2 Å². The molecule has 0 aliphatic heterocycles. The van der Waals surface area contributed by atoms with Gasteiger partial charge in [0.2, 0.25) is 0 Å². The van der Waals surface area contributed by atoms with Crippen LogP contribution in [0.25, 0.3) is 0 Å². The molecule has 0 spiro atoms. The lowest BCUT2D eigenvalue weighted by molar-refractivity contribution is -0.138. The summed E-state index contributed by atoms with van der Waals surface area (Å²) < 4.78 is 30.7. The maximum Gasteiger partial charge on any atom is 0.343 e. The predicted molar refractivity (Wildman–Crippen MR) is 172 cm³/mol. The Balaban J connectivity index is 0.000000332. The normalized spacial score (nSPS) is 9.87. The molecule has 0 amide bonds. The average Bonchev–Trinajstić information content (AvgIpc) is 3.09. The highest BCUT2D eigenvalue weighted by Crippen LogP contribution is 2.17. The Hall–Kier alpha value is -5.38. The number of methoxy groups -OCH3 is 1. The molecule has 0 aliphatic carbocycles. The second-order valence-corrected chi connectivity index (χ2v) is 9.60. The third-order valence-electron chi connectivity index (χ3n) is 6.03. The first-order valence-electron chi connectivity index (χ1n) is 14.7. The number of aryl methyl sites for hydroxylation is 1. The van der Waals surface area contributed by atoms with E-state index in [1.165, 1.54) is 7.11 Å². The first-order valence-corrected chi connectivity index (χ1v) is 14.7. The number of esters is 4. The Bertz CT molecular complexity index is 1390. The molecule has 0 saturated carbocycles. The van der Waals surface area contributed by atoms with Crippen molar-refractivity contribution in [2.45, 2.75) is 32.6 Å². The summed E-state index contributed by atoms with van der Waals surface area (Å²) in [5.41, 5.74) is 2.04. The molecule has 0 unspecified atom stereocenters. The highest BCUT2D eigenvalue weighted by atomic mass is 16.5. The van der Waals surface area contributed by atoms with Crippen molar-refractivity contribution in [3.8, 4) is 17.2 Å². The zero-order valence-electron chi connectivity index (χ0n) is 26.2. The van der Waals surface area contributed by atoms with Gasteiger partial charge in [0.15, 0.2) is 0 Å². The molecule has 0 radical (unpaired) electrons. The fraction of sp³-hybridized carbons (Fsp3) is 0.278. The number of carbonyl (C=O) groups excluding carboxylic acids is 4. The number of unbranched alkanes of at least 4 members (excludes halogenated alkanes) is 2. The first-order chi connectivity index (χ1) is 22.2. The van der Waals surface area contributed by atoms with Crippen LogP contribution in [-0.2, 0) is 23.8 Å². The van der Waals surface area contributed by atoms with Gasteiger partial charge in [0, 0.05) is 12.2 Å². The summed E-state index contributed by atoms with van der Waals surface area (Å²) in [4.78, 5) is 45.0. The standard InChI is InChI=1S/C21H22O5.C15H18O5/c1-3-20(22)25-15-5-4-14-24-18-12-8-17(9-13-18)21(23)26-19-10-6-16(2)7-11-19;1-3-14(16)20-11-5-4-10-19-13-8-6-12(7-9-13)15(17)18-2/h3,6-13H,1,4-5,14-15H2,2H3;3,6-9H,1,4-5,10-11H2,2H3. The molecular weight excluding hydrogens is 592 g/mol. The van der Waals surface area contributed by atoms with Crippen molar-refractivity contribution >= 4 is 23.9 Å². The minimum atomic E-state index is -0.418. The van der Waals surface area contributed by atoms with Crippen LogP contribution in [0.2, 0.25) is 0 Å². The number of ether oxygens (including phenoxy) is 6. The number of rotatable bonds is 17.